The third kappa shape index (κ3) is 8.39. The fourth-order valence-corrected chi connectivity index (χ4v) is 4.55. The van der Waals surface area contributed by atoms with E-state index in [1.54, 1.807) is 0 Å². The summed E-state index contributed by atoms with van der Waals surface area (Å²) < 4.78 is 5.48. The van der Waals surface area contributed by atoms with E-state index in [1.165, 1.54) is 19.4 Å². The van der Waals surface area contributed by atoms with Crippen molar-refractivity contribution in [2.24, 2.45) is 0 Å². The lowest BCUT2D eigenvalue weighted by Crippen LogP contribution is -2.50. The van der Waals surface area contributed by atoms with E-state index in [9.17, 15) is 4.79 Å². The number of carbonyl (C=O) groups excluding carboxylic acids is 1. The Morgan fingerprint density at radius 2 is 1.87 bits per heavy atom. The first-order chi connectivity index (χ1) is 6.66. The summed E-state index contributed by atoms with van der Waals surface area (Å²) in [5.74, 6) is -0.275. The Labute approximate surface area is 94.3 Å². The zero-order chi connectivity index (χ0) is 12.1. The van der Waals surface area contributed by atoms with Gasteiger partial charge in [0.1, 0.15) is 8.07 Å². The van der Waals surface area contributed by atoms with E-state index in [-0.39, 0.29) is 5.97 Å². The Balaban J connectivity index is 4.15. The first kappa shape index (κ1) is 14.4. The summed E-state index contributed by atoms with van der Waals surface area (Å²) in [6.07, 6.45) is 4.61. The molecule has 0 rings (SSSR count). The van der Waals surface area contributed by atoms with Gasteiger partial charge in [-0.1, -0.05) is 19.6 Å². The summed E-state index contributed by atoms with van der Waals surface area (Å²) in [5.41, 5.74) is 0. The second-order valence-corrected chi connectivity index (χ2v) is 11.2. The minimum absolute atomic E-state index is 0.275. The van der Waals surface area contributed by atoms with Crippen molar-refractivity contribution in [2.45, 2.75) is 19.6 Å². The van der Waals surface area contributed by atoms with Crippen LogP contribution in [0, 0.1) is 0 Å². The van der Waals surface area contributed by atoms with E-state index in [0.717, 1.165) is 11.0 Å². The monoisotopic (exact) mass is 230 g/mol. The fourth-order valence-electron chi connectivity index (χ4n) is 1.85. The lowest BCUT2D eigenvalue weighted by molar-refractivity contribution is -0.874. The first-order valence-corrected chi connectivity index (χ1v) is 8.93. The van der Waals surface area contributed by atoms with Gasteiger partial charge < -0.3 is 9.22 Å². The molecule has 0 saturated heterocycles. The molecule has 0 heterocycles. The number of rotatable bonds is 5. The van der Waals surface area contributed by atoms with Gasteiger partial charge in [-0.25, -0.2) is 4.79 Å². The van der Waals surface area contributed by atoms with Gasteiger partial charge in [0, 0.05) is 6.08 Å². The average molecular weight is 230 g/mol. The standard InChI is InChI=1S/C11H24NO2Si/c1-12(2,10-15(4,5)6)9-7-8-11(13)14-3/h7-8H,9-10H2,1-6H3/q+1/b8-7+. The highest BCUT2D eigenvalue weighted by molar-refractivity contribution is 6.75. The maximum Gasteiger partial charge on any atom is 0.330 e. The molecule has 0 spiro atoms. The van der Waals surface area contributed by atoms with Crippen LogP contribution in [0.1, 0.15) is 0 Å². The van der Waals surface area contributed by atoms with Crippen molar-refractivity contribution in [3.8, 4) is 0 Å². The van der Waals surface area contributed by atoms with Crippen LogP contribution in [0.2, 0.25) is 19.6 Å². The Kier molecular flexibility index (Phi) is 5.24. The van der Waals surface area contributed by atoms with Crippen molar-refractivity contribution in [3.05, 3.63) is 12.2 Å². The van der Waals surface area contributed by atoms with Crippen LogP contribution in [0.5, 0.6) is 0 Å². The summed E-state index contributed by atoms with van der Waals surface area (Å²) in [7, 11) is 4.73. The van der Waals surface area contributed by atoms with E-state index in [2.05, 4.69) is 38.5 Å². The number of nitrogens with zero attached hydrogens (tertiary/aromatic N) is 1. The normalized spacial score (nSPS) is 13.2. The third-order valence-corrected chi connectivity index (χ3v) is 3.76. The molecule has 0 fully saturated rings. The van der Waals surface area contributed by atoms with Gasteiger partial charge in [-0.15, -0.1) is 0 Å². The summed E-state index contributed by atoms with van der Waals surface area (Å²) in [6.45, 7) is 7.95. The topological polar surface area (TPSA) is 26.3 Å². The van der Waals surface area contributed by atoms with Crippen LogP contribution < -0.4 is 0 Å². The molecule has 0 unspecified atom stereocenters. The van der Waals surface area contributed by atoms with Gasteiger partial charge in [-0.05, 0) is 6.08 Å². The quantitative estimate of drug-likeness (QED) is 0.311. The van der Waals surface area contributed by atoms with E-state index >= 15 is 0 Å². The second-order valence-electron chi connectivity index (χ2n) is 5.76. The molecule has 0 aromatic rings. The van der Waals surface area contributed by atoms with Crippen molar-refractivity contribution in [1.29, 1.82) is 0 Å². The number of esters is 1. The van der Waals surface area contributed by atoms with E-state index < -0.39 is 8.07 Å². The molecule has 0 N–H and O–H groups in total. The molecular formula is C11H24NO2Si+. The van der Waals surface area contributed by atoms with E-state index in [0.29, 0.717) is 0 Å². The summed E-state index contributed by atoms with van der Waals surface area (Å²) in [6, 6.07) is 0. The fraction of sp³-hybridized carbons (Fsp3) is 0.727. The predicted molar refractivity (Wildman–Crippen MR) is 66.3 cm³/mol. The highest BCUT2D eigenvalue weighted by Crippen LogP contribution is 2.08. The van der Waals surface area contributed by atoms with Crippen LogP contribution in [0.15, 0.2) is 12.2 Å². The lowest BCUT2D eigenvalue weighted by Gasteiger charge is -2.33. The largest absolute Gasteiger partial charge is 0.466 e. The molecule has 0 aliphatic rings. The molecule has 88 valence electrons. The highest BCUT2D eigenvalue weighted by Gasteiger charge is 2.25. The summed E-state index contributed by atoms with van der Waals surface area (Å²) in [4.78, 5) is 10.9. The molecule has 3 nitrogen and oxygen atoms in total. The van der Waals surface area contributed by atoms with Gasteiger partial charge in [0.05, 0.1) is 33.9 Å². The van der Waals surface area contributed by atoms with Gasteiger partial charge >= 0.3 is 5.97 Å². The Hall–Kier alpha value is -0.613. The van der Waals surface area contributed by atoms with E-state index in [1.807, 2.05) is 6.08 Å². The number of likely N-dealkylation sites (N-methyl/N-ethyl adjacent to an activating group) is 1. The highest BCUT2D eigenvalue weighted by atomic mass is 28.3. The number of hydrogen-bond acceptors (Lipinski definition) is 2. The SMILES string of the molecule is COC(=O)/C=C/C[N+](C)(C)C[Si](C)(C)C. The molecule has 0 bridgehead atoms. The zero-order valence-corrected chi connectivity index (χ0v) is 11.8. The average Bonchev–Trinajstić information content (AvgIpc) is 1.98. The van der Waals surface area contributed by atoms with Gasteiger partial charge in [0.2, 0.25) is 0 Å². The minimum Gasteiger partial charge on any atom is -0.466 e. The molecule has 0 saturated carbocycles. The molecule has 0 aromatic heterocycles. The zero-order valence-electron chi connectivity index (χ0n) is 10.8. The summed E-state index contributed by atoms with van der Waals surface area (Å²) in [5, 5.41) is 0. The van der Waals surface area contributed by atoms with Gasteiger partial charge in [-0.3, -0.25) is 0 Å². The van der Waals surface area contributed by atoms with Crippen LogP contribution in [0.4, 0.5) is 0 Å². The number of carbonyl (C=O) groups is 1. The second kappa shape index (κ2) is 5.46. The molecule has 4 heteroatoms. The summed E-state index contributed by atoms with van der Waals surface area (Å²) >= 11 is 0. The smallest absolute Gasteiger partial charge is 0.330 e. The van der Waals surface area contributed by atoms with Crippen molar-refractivity contribution in [2.75, 3.05) is 33.9 Å². The number of methoxy groups -OCH3 is 1. The van der Waals surface area contributed by atoms with E-state index in [4.69, 9.17) is 0 Å². The van der Waals surface area contributed by atoms with Crippen molar-refractivity contribution >= 4 is 14.0 Å². The van der Waals surface area contributed by atoms with Crippen molar-refractivity contribution in [1.82, 2.24) is 0 Å². The van der Waals surface area contributed by atoms with Crippen LogP contribution in [-0.4, -0.2) is 52.4 Å². The van der Waals surface area contributed by atoms with Crippen LogP contribution >= 0.6 is 0 Å². The third-order valence-electron chi connectivity index (χ3n) is 1.96. The van der Waals surface area contributed by atoms with Crippen molar-refractivity contribution < 1.29 is 14.0 Å². The maximum atomic E-state index is 10.9. The Morgan fingerprint density at radius 1 is 1.33 bits per heavy atom. The molecule has 0 amide bonds. The Bertz CT molecular complexity index is 241. The molecule has 0 radical (unpaired) electrons. The molecule has 0 atom stereocenters. The Morgan fingerprint density at radius 3 is 2.27 bits per heavy atom. The minimum atomic E-state index is -1.06. The van der Waals surface area contributed by atoms with Gasteiger partial charge in [0.25, 0.3) is 0 Å². The molecule has 0 aromatic carbocycles. The molecule has 15 heavy (non-hydrogen) atoms. The first-order valence-electron chi connectivity index (χ1n) is 5.23. The number of hydrogen-bond donors (Lipinski definition) is 0. The lowest BCUT2D eigenvalue weighted by atomic mass is 10.4. The van der Waals surface area contributed by atoms with Crippen LogP contribution in [0.3, 0.4) is 0 Å². The maximum absolute atomic E-state index is 10.9. The molecule has 0 aliphatic carbocycles. The van der Waals surface area contributed by atoms with Crippen molar-refractivity contribution in [3.63, 3.8) is 0 Å². The molecule has 0 aliphatic heterocycles. The van der Waals surface area contributed by atoms with Gasteiger partial charge in [-0.2, -0.15) is 0 Å². The number of ether oxygens (including phenoxy) is 1. The van der Waals surface area contributed by atoms with Crippen LogP contribution in [0.25, 0.3) is 0 Å². The van der Waals surface area contributed by atoms with Gasteiger partial charge in [0.15, 0.2) is 0 Å². The molecular weight excluding hydrogens is 206 g/mol. The predicted octanol–water partition coefficient (Wildman–Crippen LogP) is 1.67. The number of quaternary nitrogens is 1. The van der Waals surface area contributed by atoms with Crippen LogP contribution in [-0.2, 0) is 9.53 Å².